The van der Waals surface area contributed by atoms with Gasteiger partial charge in [-0.2, -0.15) is 0 Å². The van der Waals surface area contributed by atoms with Gasteiger partial charge in [0, 0.05) is 0 Å². The minimum Gasteiger partial charge on any atom is -0.394 e. The summed E-state index contributed by atoms with van der Waals surface area (Å²) >= 11 is 0. The number of rotatable bonds is 4. The van der Waals surface area contributed by atoms with Crippen LogP contribution >= 0.6 is 0 Å². The lowest BCUT2D eigenvalue weighted by Gasteiger charge is -2.19. The Bertz CT molecular complexity index is 92.9. The van der Waals surface area contributed by atoms with Gasteiger partial charge in [-0.1, -0.05) is 5.64 Å². The summed E-state index contributed by atoms with van der Waals surface area (Å²) in [6, 6.07) is 0. The summed E-state index contributed by atoms with van der Waals surface area (Å²) in [5, 5.41) is 56.3. The Morgan fingerprint density at radius 3 is 1.23 bits per heavy atom. The molecule has 1 unspecified atom stereocenters. The highest BCUT2D eigenvalue weighted by Gasteiger charge is 2.22. The van der Waals surface area contributed by atoms with Crippen LogP contribution in [-0.2, 0) is 0 Å². The van der Waals surface area contributed by atoms with Gasteiger partial charge in [-0.05, 0) is 0 Å². The van der Waals surface area contributed by atoms with Crippen LogP contribution in [0, 0.1) is 0 Å². The van der Waals surface area contributed by atoms with Gasteiger partial charge in [0.1, 0.15) is 18.3 Å². The van der Waals surface area contributed by atoms with E-state index >= 15 is 0 Å². The highest BCUT2D eigenvalue weighted by molar-refractivity contribution is 4.73. The lowest BCUT2D eigenvalue weighted by atomic mass is 10.1. The summed E-state index contributed by atoms with van der Waals surface area (Å²) in [5.41, 5.74) is 0.750. The standard InChI is InChI=1S/C5H12O5.H3NO2/c6-1-3(8)5(10)4(9)2-7;2-1-3/h3-10H,1-2H2;1-3H/t3-,4+,5?;. The molecule has 0 spiro atoms. The lowest BCUT2D eigenvalue weighted by Crippen LogP contribution is -2.41. The van der Waals surface area contributed by atoms with Crippen molar-refractivity contribution in [2.75, 3.05) is 13.2 Å². The normalized spacial score (nSPS) is 16.8. The third-order valence-corrected chi connectivity index (χ3v) is 1.16. The molecule has 8 heteroatoms. The largest absolute Gasteiger partial charge is 0.394 e. The van der Waals surface area contributed by atoms with Crippen molar-refractivity contribution in [1.29, 1.82) is 0 Å². The van der Waals surface area contributed by atoms with Crippen molar-refractivity contribution in [3.05, 3.63) is 0 Å². The van der Waals surface area contributed by atoms with Gasteiger partial charge in [-0.25, -0.2) is 0 Å². The van der Waals surface area contributed by atoms with Crippen LogP contribution in [-0.4, -0.2) is 67.5 Å². The molecule has 8 N–H and O–H groups in total. The first kappa shape index (κ1) is 15.2. The molecule has 0 aliphatic carbocycles. The Morgan fingerprint density at radius 1 is 0.846 bits per heavy atom. The van der Waals surface area contributed by atoms with Crippen LogP contribution in [0.25, 0.3) is 0 Å². The molecule has 0 aromatic rings. The van der Waals surface area contributed by atoms with Crippen molar-refractivity contribution in [3.8, 4) is 0 Å². The average Bonchev–Trinajstić information content (AvgIpc) is 2.15. The third-order valence-electron chi connectivity index (χ3n) is 1.16. The van der Waals surface area contributed by atoms with Crippen molar-refractivity contribution < 1.29 is 35.9 Å². The van der Waals surface area contributed by atoms with E-state index in [0.29, 0.717) is 0 Å². The molecule has 8 nitrogen and oxygen atoms in total. The number of hydrogen-bond donors (Lipinski definition) is 8. The number of hydrogen-bond acceptors (Lipinski definition) is 8. The van der Waals surface area contributed by atoms with Gasteiger partial charge in [-0.15, -0.1) is 0 Å². The van der Waals surface area contributed by atoms with Crippen molar-refractivity contribution in [2.45, 2.75) is 18.3 Å². The molecule has 0 aliphatic heterocycles. The maximum Gasteiger partial charge on any atom is 0.110 e. The molecule has 13 heavy (non-hydrogen) atoms. The Morgan fingerprint density at radius 2 is 1.08 bits per heavy atom. The summed E-state index contributed by atoms with van der Waals surface area (Å²) in [7, 11) is 0. The maximum atomic E-state index is 8.77. The van der Waals surface area contributed by atoms with E-state index < -0.39 is 31.5 Å². The van der Waals surface area contributed by atoms with Gasteiger partial charge in [-0.3, -0.25) is 10.4 Å². The molecule has 0 rings (SSSR count). The zero-order chi connectivity index (χ0) is 10.9. The highest BCUT2D eigenvalue weighted by Crippen LogP contribution is 1.97. The molecule has 0 radical (unpaired) electrons. The second-order valence-corrected chi connectivity index (χ2v) is 2.09. The van der Waals surface area contributed by atoms with Crippen molar-refractivity contribution in [2.24, 2.45) is 0 Å². The lowest BCUT2D eigenvalue weighted by molar-refractivity contribution is -0.0900. The zero-order valence-electron chi connectivity index (χ0n) is 6.78. The second kappa shape index (κ2) is 9.77. The fourth-order valence-electron chi connectivity index (χ4n) is 0.472. The molecule has 82 valence electrons. The van der Waals surface area contributed by atoms with E-state index in [4.69, 9.17) is 35.9 Å². The number of aliphatic hydroxyl groups excluding tert-OH is 5. The molecule has 0 fully saturated rings. The second-order valence-electron chi connectivity index (χ2n) is 2.09. The fraction of sp³-hybridized carbons (Fsp3) is 1.00. The van der Waals surface area contributed by atoms with E-state index in [1.165, 1.54) is 0 Å². The molecule has 0 aromatic heterocycles. The van der Waals surface area contributed by atoms with E-state index in [-0.39, 0.29) is 0 Å². The van der Waals surface area contributed by atoms with Crippen molar-refractivity contribution >= 4 is 0 Å². The third kappa shape index (κ3) is 8.02. The summed E-state index contributed by atoms with van der Waals surface area (Å²) in [6.45, 7) is -1.28. The molecule has 0 aromatic carbocycles. The van der Waals surface area contributed by atoms with Gasteiger partial charge < -0.3 is 25.5 Å². The fourth-order valence-corrected chi connectivity index (χ4v) is 0.472. The highest BCUT2D eigenvalue weighted by atomic mass is 16.7. The summed E-state index contributed by atoms with van der Waals surface area (Å²) in [4.78, 5) is 0. The topological polar surface area (TPSA) is 154 Å². The van der Waals surface area contributed by atoms with Crippen LogP contribution in [0.1, 0.15) is 0 Å². The van der Waals surface area contributed by atoms with Gasteiger partial charge in [0.05, 0.1) is 13.2 Å². The van der Waals surface area contributed by atoms with Gasteiger partial charge in [0.2, 0.25) is 0 Å². The summed E-state index contributed by atoms with van der Waals surface area (Å²) < 4.78 is 0. The molecule has 0 aliphatic rings. The molecule has 0 amide bonds. The maximum absolute atomic E-state index is 8.77. The number of aliphatic hydroxyl groups is 5. The van der Waals surface area contributed by atoms with E-state index in [2.05, 4.69) is 0 Å². The minimum absolute atomic E-state index is 0.641. The van der Waals surface area contributed by atoms with Gasteiger partial charge in [0.15, 0.2) is 0 Å². The van der Waals surface area contributed by atoms with E-state index in [1.807, 2.05) is 0 Å². The average molecular weight is 201 g/mol. The van der Waals surface area contributed by atoms with Crippen LogP contribution < -0.4 is 5.64 Å². The van der Waals surface area contributed by atoms with Crippen LogP contribution in [0.3, 0.4) is 0 Å². The van der Waals surface area contributed by atoms with E-state index in [0.717, 1.165) is 5.64 Å². The zero-order valence-corrected chi connectivity index (χ0v) is 6.78. The number of nitrogens with one attached hydrogen (secondary N) is 1. The Hall–Kier alpha value is -0.320. The molecular formula is C5H15NO7. The SMILES string of the molecule is OC[C@@H](O)C(O)[C@@H](O)CO.ONO. The molecule has 0 heterocycles. The van der Waals surface area contributed by atoms with Crippen molar-refractivity contribution in [1.82, 2.24) is 5.64 Å². The van der Waals surface area contributed by atoms with Gasteiger partial charge >= 0.3 is 0 Å². The van der Waals surface area contributed by atoms with E-state index in [9.17, 15) is 0 Å². The molecule has 0 bridgehead atoms. The first-order valence-corrected chi connectivity index (χ1v) is 3.34. The van der Waals surface area contributed by atoms with Crippen LogP contribution in [0.2, 0.25) is 0 Å². The summed E-state index contributed by atoms with van der Waals surface area (Å²) in [5.74, 6) is 0. The molecule has 0 saturated heterocycles. The molecule has 0 saturated carbocycles. The molecule has 3 atom stereocenters. The first-order chi connectivity index (χ1) is 6.04. The molecular weight excluding hydrogens is 186 g/mol. The van der Waals surface area contributed by atoms with Gasteiger partial charge in [0.25, 0.3) is 0 Å². The monoisotopic (exact) mass is 201 g/mol. The quantitative estimate of drug-likeness (QED) is 0.217. The Labute approximate surface area is 74.2 Å². The first-order valence-electron chi connectivity index (χ1n) is 3.34. The van der Waals surface area contributed by atoms with Crippen LogP contribution in [0.5, 0.6) is 0 Å². The van der Waals surface area contributed by atoms with E-state index in [1.54, 1.807) is 0 Å². The van der Waals surface area contributed by atoms with Crippen molar-refractivity contribution in [3.63, 3.8) is 0 Å². The summed E-state index contributed by atoms with van der Waals surface area (Å²) in [6.07, 6.45) is -4.29. The Balaban J connectivity index is 0. The Kier molecular flexibility index (Phi) is 11.4. The predicted octanol–water partition coefficient (Wildman–Crippen LogP) is -3.59. The van der Waals surface area contributed by atoms with Crippen LogP contribution in [0.4, 0.5) is 0 Å². The predicted molar refractivity (Wildman–Crippen MR) is 38.9 cm³/mol. The minimum atomic E-state index is -1.49. The smallest absolute Gasteiger partial charge is 0.110 e. The van der Waals surface area contributed by atoms with Crippen LogP contribution in [0.15, 0.2) is 0 Å².